The molecular formula is C14H18N4O2. The van der Waals surface area contributed by atoms with Gasteiger partial charge >= 0.3 is 5.97 Å². The molecule has 0 aliphatic rings. The summed E-state index contributed by atoms with van der Waals surface area (Å²) in [5, 5.41) is 20.9. The number of benzene rings is 1. The molecule has 1 atom stereocenters. The highest BCUT2D eigenvalue weighted by molar-refractivity contribution is 5.73. The van der Waals surface area contributed by atoms with Crippen molar-refractivity contribution in [3.63, 3.8) is 0 Å². The summed E-state index contributed by atoms with van der Waals surface area (Å²) in [4.78, 5) is 11.5. The Morgan fingerprint density at radius 3 is 2.65 bits per heavy atom. The Bertz CT molecular complexity index is 607. The zero-order valence-electron chi connectivity index (χ0n) is 11.8. The average molecular weight is 274 g/mol. The summed E-state index contributed by atoms with van der Waals surface area (Å²) in [6.45, 7) is 5.91. The van der Waals surface area contributed by atoms with Crippen molar-refractivity contribution in [2.75, 3.05) is 0 Å². The molecule has 6 nitrogen and oxygen atoms in total. The van der Waals surface area contributed by atoms with E-state index in [0.717, 1.165) is 11.1 Å². The summed E-state index contributed by atoms with van der Waals surface area (Å²) in [6, 6.07) is 6.91. The third-order valence-electron chi connectivity index (χ3n) is 3.15. The summed E-state index contributed by atoms with van der Waals surface area (Å²) < 4.78 is 1.41. The first-order valence-corrected chi connectivity index (χ1v) is 6.57. The van der Waals surface area contributed by atoms with Crippen LogP contribution in [0.2, 0.25) is 0 Å². The quantitative estimate of drug-likeness (QED) is 0.905. The molecule has 1 heterocycles. The second-order valence-corrected chi connectivity index (χ2v) is 5.25. The van der Waals surface area contributed by atoms with Crippen LogP contribution in [0.3, 0.4) is 0 Å². The largest absolute Gasteiger partial charge is 0.480 e. The molecule has 2 aromatic rings. The van der Waals surface area contributed by atoms with Crippen molar-refractivity contribution >= 4 is 5.97 Å². The summed E-state index contributed by atoms with van der Waals surface area (Å²) in [5.74, 6) is -0.179. The molecule has 106 valence electrons. The first kappa shape index (κ1) is 14.2. The Morgan fingerprint density at radius 2 is 2.05 bits per heavy atom. The van der Waals surface area contributed by atoms with E-state index in [0.29, 0.717) is 12.2 Å². The van der Waals surface area contributed by atoms with E-state index < -0.39 is 12.0 Å². The zero-order chi connectivity index (χ0) is 14.7. The van der Waals surface area contributed by atoms with Gasteiger partial charge in [0.2, 0.25) is 0 Å². The topological polar surface area (TPSA) is 80.9 Å². The van der Waals surface area contributed by atoms with Crippen molar-refractivity contribution in [1.29, 1.82) is 0 Å². The molecule has 1 unspecified atom stereocenters. The van der Waals surface area contributed by atoms with E-state index >= 15 is 0 Å². The minimum Gasteiger partial charge on any atom is -0.480 e. The van der Waals surface area contributed by atoms with Crippen LogP contribution in [0.25, 0.3) is 11.4 Å². The number of carboxylic acid groups (broad SMARTS) is 1. The summed E-state index contributed by atoms with van der Waals surface area (Å²) >= 11 is 0. The Labute approximate surface area is 117 Å². The number of tetrazole rings is 1. The van der Waals surface area contributed by atoms with Gasteiger partial charge in [-0.25, -0.2) is 9.48 Å². The number of carboxylic acids is 1. The number of nitrogens with zero attached hydrogens (tertiary/aromatic N) is 4. The average Bonchev–Trinajstić information content (AvgIpc) is 2.84. The summed E-state index contributed by atoms with van der Waals surface area (Å²) in [5.41, 5.74) is 1.87. The molecule has 0 aliphatic heterocycles. The smallest absolute Gasteiger partial charge is 0.328 e. The lowest BCUT2D eigenvalue weighted by molar-refractivity contribution is -0.141. The molecule has 0 radical (unpaired) electrons. The molecule has 1 N–H and O–H groups in total. The molecule has 1 aromatic heterocycles. The maximum absolute atomic E-state index is 11.5. The fourth-order valence-corrected chi connectivity index (χ4v) is 2.16. The maximum atomic E-state index is 11.5. The second-order valence-electron chi connectivity index (χ2n) is 5.25. The summed E-state index contributed by atoms with van der Waals surface area (Å²) in [6.07, 6.45) is 0.485. The fourth-order valence-electron chi connectivity index (χ4n) is 2.16. The number of hydrogen-bond donors (Lipinski definition) is 1. The molecular weight excluding hydrogens is 256 g/mol. The van der Waals surface area contributed by atoms with Crippen LogP contribution in [-0.2, 0) is 4.79 Å². The van der Waals surface area contributed by atoms with E-state index in [1.54, 1.807) is 0 Å². The van der Waals surface area contributed by atoms with E-state index in [9.17, 15) is 9.90 Å². The number of hydrogen-bond acceptors (Lipinski definition) is 4. The van der Waals surface area contributed by atoms with Crippen LogP contribution in [0.15, 0.2) is 24.3 Å². The molecule has 2 rings (SSSR count). The Hall–Kier alpha value is -2.24. The third kappa shape index (κ3) is 2.84. The molecule has 1 aromatic carbocycles. The van der Waals surface area contributed by atoms with Gasteiger partial charge in [-0.05, 0) is 35.3 Å². The fraction of sp³-hybridized carbons (Fsp3) is 0.429. The van der Waals surface area contributed by atoms with Crippen molar-refractivity contribution in [3.8, 4) is 11.4 Å². The number of carbonyl (C=O) groups is 1. The van der Waals surface area contributed by atoms with Crippen molar-refractivity contribution in [2.45, 2.75) is 33.2 Å². The van der Waals surface area contributed by atoms with Crippen LogP contribution >= 0.6 is 0 Å². The van der Waals surface area contributed by atoms with Crippen LogP contribution in [0.4, 0.5) is 0 Å². The van der Waals surface area contributed by atoms with Gasteiger partial charge in [-0.3, -0.25) is 0 Å². The lowest BCUT2D eigenvalue weighted by Crippen LogP contribution is -2.23. The Balaban J connectivity index is 2.46. The molecule has 20 heavy (non-hydrogen) atoms. The standard InChI is InChI=1S/C14H18N4O2/c1-9(2)8-12(14(19)20)18-13(15-16-17-18)11-7-5-4-6-10(11)3/h4-7,9,12H,8H2,1-3H3,(H,19,20). The predicted octanol–water partition coefficient (Wildman–Crippen LogP) is 2.32. The minimum absolute atomic E-state index is 0.241. The molecule has 0 bridgehead atoms. The van der Waals surface area contributed by atoms with E-state index in [2.05, 4.69) is 15.5 Å². The van der Waals surface area contributed by atoms with Crippen LogP contribution in [-0.4, -0.2) is 31.3 Å². The van der Waals surface area contributed by atoms with E-state index in [4.69, 9.17) is 0 Å². The Kier molecular flexibility index (Phi) is 4.12. The van der Waals surface area contributed by atoms with Gasteiger partial charge in [0.1, 0.15) is 0 Å². The van der Waals surface area contributed by atoms with Gasteiger partial charge in [-0.15, -0.1) is 5.10 Å². The number of aromatic nitrogens is 4. The van der Waals surface area contributed by atoms with Gasteiger partial charge in [0.15, 0.2) is 11.9 Å². The van der Waals surface area contributed by atoms with Crippen LogP contribution in [0.1, 0.15) is 31.9 Å². The van der Waals surface area contributed by atoms with Gasteiger partial charge in [0.05, 0.1) is 0 Å². The minimum atomic E-state index is -0.916. The molecule has 6 heteroatoms. The highest BCUT2D eigenvalue weighted by Gasteiger charge is 2.26. The monoisotopic (exact) mass is 274 g/mol. The number of aliphatic carboxylic acids is 1. The highest BCUT2D eigenvalue weighted by Crippen LogP contribution is 2.25. The number of aryl methyl sites for hydroxylation is 1. The third-order valence-corrected chi connectivity index (χ3v) is 3.15. The summed E-state index contributed by atoms with van der Waals surface area (Å²) in [7, 11) is 0. The first-order chi connectivity index (χ1) is 9.50. The van der Waals surface area contributed by atoms with Crippen molar-refractivity contribution in [3.05, 3.63) is 29.8 Å². The number of rotatable bonds is 5. The van der Waals surface area contributed by atoms with Crippen LogP contribution in [0.5, 0.6) is 0 Å². The van der Waals surface area contributed by atoms with Gasteiger partial charge < -0.3 is 5.11 Å². The van der Waals surface area contributed by atoms with Crippen molar-refractivity contribution < 1.29 is 9.90 Å². The van der Waals surface area contributed by atoms with Crippen molar-refractivity contribution in [1.82, 2.24) is 20.2 Å². The van der Waals surface area contributed by atoms with Crippen molar-refractivity contribution in [2.24, 2.45) is 5.92 Å². The molecule has 0 saturated carbocycles. The highest BCUT2D eigenvalue weighted by atomic mass is 16.4. The van der Waals surface area contributed by atoms with E-state index in [1.165, 1.54) is 4.68 Å². The lowest BCUT2D eigenvalue weighted by Gasteiger charge is -2.16. The normalized spacial score (nSPS) is 12.6. The van der Waals surface area contributed by atoms with Gasteiger partial charge in [0, 0.05) is 5.56 Å². The van der Waals surface area contributed by atoms with Gasteiger partial charge in [0.25, 0.3) is 0 Å². The predicted molar refractivity (Wildman–Crippen MR) is 74.1 cm³/mol. The second kappa shape index (κ2) is 5.81. The van der Waals surface area contributed by atoms with E-state index in [-0.39, 0.29) is 5.92 Å². The first-order valence-electron chi connectivity index (χ1n) is 6.57. The molecule has 0 fully saturated rings. The molecule has 0 amide bonds. The van der Waals surface area contributed by atoms with Crippen LogP contribution < -0.4 is 0 Å². The molecule has 0 aliphatic carbocycles. The SMILES string of the molecule is Cc1ccccc1-c1nnnn1C(CC(C)C)C(=O)O. The van der Waals surface area contributed by atoms with Gasteiger partial charge in [-0.1, -0.05) is 38.1 Å². The molecule has 0 spiro atoms. The lowest BCUT2D eigenvalue weighted by atomic mass is 10.0. The van der Waals surface area contributed by atoms with Gasteiger partial charge in [-0.2, -0.15) is 0 Å². The maximum Gasteiger partial charge on any atom is 0.328 e. The Morgan fingerprint density at radius 1 is 1.35 bits per heavy atom. The van der Waals surface area contributed by atoms with Crippen LogP contribution in [0, 0.1) is 12.8 Å². The molecule has 0 saturated heterocycles. The van der Waals surface area contributed by atoms with E-state index in [1.807, 2.05) is 45.0 Å². The zero-order valence-corrected chi connectivity index (χ0v) is 11.8.